The first kappa shape index (κ1) is 29.2. The summed E-state index contributed by atoms with van der Waals surface area (Å²) in [4.78, 5) is 0. The van der Waals surface area contributed by atoms with E-state index in [1.54, 1.807) is 0 Å². The van der Waals surface area contributed by atoms with Crippen LogP contribution in [0.25, 0.3) is 0 Å². The Kier molecular flexibility index (Phi) is 13.1. The monoisotopic (exact) mass is 518 g/mol. The fraction of sp³-hybridized carbons (Fsp3) is 0.471. The summed E-state index contributed by atoms with van der Waals surface area (Å²) in [7, 11) is -1.30. The molecule has 0 heterocycles. The van der Waals surface area contributed by atoms with Gasteiger partial charge in [0, 0.05) is 0 Å². The Morgan fingerprint density at radius 3 is 1.43 bits per heavy atom. The molecule has 0 bridgehead atoms. The Bertz CT molecular complexity index is 981. The molecular weight excluding hydrogens is 471 g/mol. The molecule has 0 N–H and O–H groups in total. The predicted molar refractivity (Wildman–Crippen MR) is 162 cm³/mol. The number of aryl methyl sites for hydroxylation is 4. The maximum Gasteiger partial charge on any atom is 0.326 e. The molecule has 3 rings (SSSR count). The minimum absolute atomic E-state index is 0.905. The molecule has 3 aromatic carbocycles. The molecule has 0 amide bonds. The standard InChI is InChI=1S/C34H47O2P/c1-5-9-11-14-18-30-26-32(24-22-28(30)7-3)35-37(34-20-16-13-17-21-34)36-33-25-23-29(8-4)31(27-33)19-15-12-10-6-2/h13,16-17,20-27H,5-12,14-15,18-19H2,1-4H3. The summed E-state index contributed by atoms with van der Waals surface area (Å²) >= 11 is 0. The third-order valence-electron chi connectivity index (χ3n) is 7.06. The van der Waals surface area contributed by atoms with Crippen LogP contribution in [0.5, 0.6) is 11.5 Å². The van der Waals surface area contributed by atoms with Gasteiger partial charge in [0.1, 0.15) is 11.5 Å². The van der Waals surface area contributed by atoms with Gasteiger partial charge in [0.2, 0.25) is 0 Å². The molecule has 0 aliphatic carbocycles. The van der Waals surface area contributed by atoms with Gasteiger partial charge >= 0.3 is 8.38 Å². The molecule has 0 atom stereocenters. The third-order valence-corrected chi connectivity index (χ3v) is 8.53. The second-order valence-electron chi connectivity index (χ2n) is 9.96. The van der Waals surface area contributed by atoms with E-state index in [0.29, 0.717) is 0 Å². The number of rotatable bonds is 17. The van der Waals surface area contributed by atoms with Crippen LogP contribution in [0.3, 0.4) is 0 Å². The maximum atomic E-state index is 6.62. The van der Waals surface area contributed by atoms with Crippen LogP contribution in [0.15, 0.2) is 66.7 Å². The van der Waals surface area contributed by atoms with Crippen molar-refractivity contribution in [1.29, 1.82) is 0 Å². The molecule has 0 saturated heterocycles. The summed E-state index contributed by atoms with van der Waals surface area (Å²) in [5, 5.41) is 1.09. The molecule has 3 aromatic rings. The number of hydrogen-bond donors (Lipinski definition) is 0. The maximum absolute atomic E-state index is 6.62. The van der Waals surface area contributed by atoms with Crippen molar-refractivity contribution in [3.8, 4) is 11.5 Å². The Labute approximate surface area is 227 Å². The SMILES string of the molecule is CCCCCCc1cc(OP(Oc2ccc(CC)c(CCCCCC)c2)c2ccccc2)ccc1CC. The largest absolute Gasteiger partial charge is 0.435 e. The summed E-state index contributed by atoms with van der Waals surface area (Å²) in [5.41, 5.74) is 5.69. The number of unbranched alkanes of at least 4 members (excludes halogenated alkanes) is 6. The highest BCUT2D eigenvalue weighted by Crippen LogP contribution is 2.41. The first-order valence-corrected chi connectivity index (χ1v) is 15.8. The molecule has 0 saturated carbocycles. The molecule has 3 heteroatoms. The average Bonchev–Trinajstić information content (AvgIpc) is 2.94. The summed E-state index contributed by atoms with van der Waals surface area (Å²) in [6, 6.07) is 23.6. The Morgan fingerprint density at radius 2 is 1.00 bits per heavy atom. The summed E-state index contributed by atoms with van der Waals surface area (Å²) in [5.74, 6) is 1.81. The van der Waals surface area contributed by atoms with Crippen molar-refractivity contribution in [2.24, 2.45) is 0 Å². The minimum atomic E-state index is -1.30. The molecule has 0 aromatic heterocycles. The van der Waals surface area contributed by atoms with E-state index in [0.717, 1.165) is 42.5 Å². The molecule has 0 spiro atoms. The quantitative estimate of drug-likeness (QED) is 0.131. The Hall–Kier alpha value is -2.31. The van der Waals surface area contributed by atoms with Gasteiger partial charge in [-0.2, -0.15) is 0 Å². The second-order valence-corrected chi connectivity index (χ2v) is 11.4. The highest BCUT2D eigenvalue weighted by molar-refractivity contribution is 7.56. The van der Waals surface area contributed by atoms with Gasteiger partial charge in [0.15, 0.2) is 0 Å². The molecule has 200 valence electrons. The highest BCUT2D eigenvalue weighted by atomic mass is 31.2. The topological polar surface area (TPSA) is 18.5 Å². The minimum Gasteiger partial charge on any atom is -0.435 e. The van der Waals surface area contributed by atoms with Crippen LogP contribution >= 0.6 is 8.38 Å². The molecular formula is C34H47O2P. The van der Waals surface area contributed by atoms with Crippen molar-refractivity contribution in [3.63, 3.8) is 0 Å². The smallest absolute Gasteiger partial charge is 0.326 e. The fourth-order valence-corrected chi connectivity index (χ4v) is 6.10. The van der Waals surface area contributed by atoms with Crippen LogP contribution < -0.4 is 14.4 Å². The van der Waals surface area contributed by atoms with Gasteiger partial charge in [-0.15, -0.1) is 0 Å². The first-order valence-electron chi connectivity index (χ1n) is 14.6. The lowest BCUT2D eigenvalue weighted by Crippen LogP contribution is -2.10. The van der Waals surface area contributed by atoms with Gasteiger partial charge in [-0.25, -0.2) is 0 Å². The van der Waals surface area contributed by atoms with Crippen molar-refractivity contribution in [2.75, 3.05) is 0 Å². The Morgan fingerprint density at radius 1 is 0.514 bits per heavy atom. The average molecular weight is 519 g/mol. The number of hydrogen-bond acceptors (Lipinski definition) is 2. The molecule has 0 aliphatic heterocycles. The van der Waals surface area contributed by atoms with E-state index in [4.69, 9.17) is 9.05 Å². The molecule has 0 unspecified atom stereocenters. The van der Waals surface area contributed by atoms with Crippen LogP contribution in [0, 0.1) is 0 Å². The van der Waals surface area contributed by atoms with Gasteiger partial charge in [-0.3, -0.25) is 0 Å². The van der Waals surface area contributed by atoms with Gasteiger partial charge in [0.05, 0.1) is 5.30 Å². The third kappa shape index (κ3) is 9.50. The van der Waals surface area contributed by atoms with Crippen LogP contribution in [-0.2, 0) is 25.7 Å². The lowest BCUT2D eigenvalue weighted by atomic mass is 9.99. The summed E-state index contributed by atoms with van der Waals surface area (Å²) < 4.78 is 13.2. The summed E-state index contributed by atoms with van der Waals surface area (Å²) in [6.07, 6.45) is 14.5. The highest BCUT2D eigenvalue weighted by Gasteiger charge is 2.19. The van der Waals surface area contributed by atoms with E-state index < -0.39 is 8.38 Å². The van der Waals surface area contributed by atoms with Crippen molar-refractivity contribution in [2.45, 2.75) is 105 Å². The normalized spacial score (nSPS) is 11.2. The van der Waals surface area contributed by atoms with Crippen molar-refractivity contribution in [3.05, 3.63) is 89.0 Å². The van der Waals surface area contributed by atoms with E-state index >= 15 is 0 Å². The molecule has 37 heavy (non-hydrogen) atoms. The van der Waals surface area contributed by atoms with Crippen LogP contribution in [0.1, 0.15) is 101 Å². The van der Waals surface area contributed by atoms with E-state index in [1.807, 2.05) is 6.07 Å². The molecule has 0 fully saturated rings. The first-order chi connectivity index (χ1) is 18.2. The lowest BCUT2D eigenvalue weighted by Gasteiger charge is -2.21. The van der Waals surface area contributed by atoms with E-state index in [1.165, 1.54) is 73.6 Å². The zero-order valence-electron chi connectivity index (χ0n) is 23.6. The summed E-state index contributed by atoms with van der Waals surface area (Å²) in [6.45, 7) is 9.02. The van der Waals surface area contributed by atoms with E-state index in [-0.39, 0.29) is 0 Å². The fourth-order valence-electron chi connectivity index (χ4n) is 4.82. The van der Waals surface area contributed by atoms with E-state index in [9.17, 15) is 0 Å². The Balaban J connectivity index is 1.81. The van der Waals surface area contributed by atoms with Crippen LogP contribution in [0.4, 0.5) is 0 Å². The van der Waals surface area contributed by atoms with Gasteiger partial charge in [-0.05, 0) is 97.2 Å². The van der Waals surface area contributed by atoms with Crippen molar-refractivity contribution >= 4 is 13.7 Å². The van der Waals surface area contributed by atoms with Crippen LogP contribution in [0.2, 0.25) is 0 Å². The van der Waals surface area contributed by atoms with Gasteiger partial charge in [-0.1, -0.05) is 96.6 Å². The second kappa shape index (κ2) is 16.5. The van der Waals surface area contributed by atoms with E-state index in [2.05, 4.69) is 88.4 Å². The predicted octanol–water partition coefficient (Wildman–Crippen LogP) is 10.2. The molecule has 0 aliphatic rings. The number of benzene rings is 3. The van der Waals surface area contributed by atoms with Crippen molar-refractivity contribution < 1.29 is 9.05 Å². The van der Waals surface area contributed by atoms with Crippen LogP contribution in [-0.4, -0.2) is 0 Å². The zero-order chi connectivity index (χ0) is 26.3. The lowest BCUT2D eigenvalue weighted by molar-refractivity contribution is 0.500. The molecule has 0 radical (unpaired) electrons. The molecule has 2 nitrogen and oxygen atoms in total. The van der Waals surface area contributed by atoms with Crippen molar-refractivity contribution in [1.82, 2.24) is 0 Å². The van der Waals surface area contributed by atoms with Gasteiger partial charge in [0.25, 0.3) is 0 Å². The van der Waals surface area contributed by atoms with Gasteiger partial charge < -0.3 is 9.05 Å². The zero-order valence-corrected chi connectivity index (χ0v) is 24.5.